The van der Waals surface area contributed by atoms with Gasteiger partial charge in [-0.1, -0.05) is 53.5 Å². The second-order valence-electron chi connectivity index (χ2n) is 4.45. The van der Waals surface area contributed by atoms with Gasteiger partial charge < -0.3 is 5.32 Å². The lowest BCUT2D eigenvalue weighted by atomic mass is 10.1. The van der Waals surface area contributed by atoms with E-state index in [4.69, 9.17) is 23.2 Å². The van der Waals surface area contributed by atoms with E-state index >= 15 is 0 Å². The summed E-state index contributed by atoms with van der Waals surface area (Å²) in [5.74, 6) is 0. The Kier molecular flexibility index (Phi) is 6.60. The van der Waals surface area contributed by atoms with Crippen LogP contribution in [0.4, 0.5) is 5.69 Å². The van der Waals surface area contributed by atoms with E-state index in [9.17, 15) is 0 Å². The number of hydrogen-bond acceptors (Lipinski definition) is 2. The maximum absolute atomic E-state index is 6.24. The van der Waals surface area contributed by atoms with Crippen LogP contribution < -0.4 is 5.32 Å². The first-order chi connectivity index (χ1) is 9.09. The number of nitrogens with one attached hydrogen (secondary N) is 1. The summed E-state index contributed by atoms with van der Waals surface area (Å²) in [5, 5.41) is 4.51. The fourth-order valence-corrected chi connectivity index (χ4v) is 2.40. The van der Waals surface area contributed by atoms with E-state index in [2.05, 4.69) is 22.4 Å². The van der Waals surface area contributed by atoms with Gasteiger partial charge in [0.2, 0.25) is 0 Å². The van der Waals surface area contributed by atoms with E-state index < -0.39 is 0 Å². The van der Waals surface area contributed by atoms with Crippen molar-refractivity contribution in [1.82, 2.24) is 4.98 Å². The van der Waals surface area contributed by atoms with Crippen LogP contribution in [0.15, 0.2) is 30.3 Å². The van der Waals surface area contributed by atoms with Gasteiger partial charge in [-0.25, -0.2) is 0 Å². The highest BCUT2D eigenvalue weighted by molar-refractivity contribution is 6.39. The van der Waals surface area contributed by atoms with Crippen molar-refractivity contribution in [1.29, 1.82) is 0 Å². The third kappa shape index (κ3) is 4.02. The Labute approximate surface area is 135 Å². The fraction of sp³-hybridized carbons (Fsp3) is 0.267. The predicted molar refractivity (Wildman–Crippen MR) is 89.6 cm³/mol. The lowest BCUT2D eigenvalue weighted by molar-refractivity contribution is 1.01. The Morgan fingerprint density at radius 2 is 1.55 bits per heavy atom. The number of hydrogen-bond donors (Lipinski definition) is 1. The van der Waals surface area contributed by atoms with Crippen LogP contribution >= 0.6 is 35.6 Å². The predicted octanol–water partition coefficient (Wildman–Crippen LogP) is 5.08. The molecule has 2 nitrogen and oxygen atoms in total. The van der Waals surface area contributed by atoms with Gasteiger partial charge in [0, 0.05) is 6.54 Å². The zero-order chi connectivity index (χ0) is 13.8. The van der Waals surface area contributed by atoms with E-state index in [-0.39, 0.29) is 12.4 Å². The van der Waals surface area contributed by atoms with Gasteiger partial charge in [-0.05, 0) is 25.8 Å². The molecule has 108 valence electrons. The molecule has 0 spiro atoms. The van der Waals surface area contributed by atoms with Crippen LogP contribution in [0.2, 0.25) is 10.0 Å². The summed E-state index contributed by atoms with van der Waals surface area (Å²) in [6.45, 7) is 4.55. The summed E-state index contributed by atoms with van der Waals surface area (Å²) in [5.41, 5.74) is 3.66. The maximum atomic E-state index is 6.24. The monoisotopic (exact) mass is 330 g/mol. The standard InChI is InChI=1S/C15H16Cl2N2.ClH/c1-10-13(16)15(14(17)11(2)19-10)18-9-8-12-6-4-3-5-7-12;/h3-7H,8-9H2,1-2H3,(H,18,19);1H. The molecule has 2 rings (SSSR count). The molecule has 0 amide bonds. The molecule has 5 heteroatoms. The van der Waals surface area contributed by atoms with Gasteiger partial charge in [-0.3, -0.25) is 4.98 Å². The van der Waals surface area contributed by atoms with E-state index in [1.54, 1.807) is 0 Å². The first-order valence-corrected chi connectivity index (χ1v) is 6.95. The van der Waals surface area contributed by atoms with Gasteiger partial charge in [0.15, 0.2) is 0 Å². The number of pyridine rings is 1. The van der Waals surface area contributed by atoms with E-state index in [0.717, 1.165) is 30.0 Å². The number of halogens is 3. The second kappa shape index (κ2) is 7.72. The highest BCUT2D eigenvalue weighted by Gasteiger charge is 2.12. The average molecular weight is 332 g/mol. The van der Waals surface area contributed by atoms with Crippen LogP contribution in [-0.2, 0) is 6.42 Å². The summed E-state index contributed by atoms with van der Waals surface area (Å²) in [4.78, 5) is 4.30. The van der Waals surface area contributed by atoms with Crippen molar-refractivity contribution in [2.75, 3.05) is 11.9 Å². The van der Waals surface area contributed by atoms with E-state index in [1.807, 2.05) is 32.0 Å². The van der Waals surface area contributed by atoms with Crippen molar-refractivity contribution in [2.24, 2.45) is 0 Å². The molecule has 0 saturated carbocycles. The summed E-state index contributed by atoms with van der Waals surface area (Å²) in [6, 6.07) is 10.3. The smallest absolute Gasteiger partial charge is 0.0865 e. The molecule has 0 fully saturated rings. The van der Waals surface area contributed by atoms with E-state index in [0.29, 0.717) is 10.0 Å². The Morgan fingerprint density at radius 1 is 1.00 bits per heavy atom. The van der Waals surface area contributed by atoms with Crippen molar-refractivity contribution in [3.05, 3.63) is 57.3 Å². The van der Waals surface area contributed by atoms with Gasteiger partial charge in [0.25, 0.3) is 0 Å². The molecule has 0 aliphatic rings. The molecule has 0 radical (unpaired) electrons. The van der Waals surface area contributed by atoms with Crippen molar-refractivity contribution >= 4 is 41.3 Å². The molecule has 1 aromatic heterocycles. The molecular weight excluding hydrogens is 315 g/mol. The van der Waals surface area contributed by atoms with Gasteiger partial charge >= 0.3 is 0 Å². The highest BCUT2D eigenvalue weighted by atomic mass is 35.5. The molecule has 1 N–H and O–H groups in total. The molecule has 0 aliphatic carbocycles. The lowest BCUT2D eigenvalue weighted by Crippen LogP contribution is -2.07. The average Bonchev–Trinajstić information content (AvgIpc) is 2.42. The zero-order valence-electron chi connectivity index (χ0n) is 11.4. The quantitative estimate of drug-likeness (QED) is 0.845. The number of nitrogens with zero attached hydrogens (tertiary/aromatic N) is 1. The molecule has 0 unspecified atom stereocenters. The number of benzene rings is 1. The topological polar surface area (TPSA) is 24.9 Å². The number of aromatic nitrogens is 1. The van der Waals surface area contributed by atoms with Crippen LogP contribution in [0.5, 0.6) is 0 Å². The maximum Gasteiger partial charge on any atom is 0.0865 e. The highest BCUT2D eigenvalue weighted by Crippen LogP contribution is 2.33. The minimum Gasteiger partial charge on any atom is -0.382 e. The number of rotatable bonds is 4. The Balaban J connectivity index is 0.00000200. The molecule has 0 bridgehead atoms. The Bertz CT molecular complexity index is 545. The zero-order valence-corrected chi connectivity index (χ0v) is 13.7. The molecule has 0 aliphatic heterocycles. The van der Waals surface area contributed by atoms with Crippen LogP contribution in [0, 0.1) is 13.8 Å². The molecule has 0 atom stereocenters. The molecule has 0 saturated heterocycles. The SMILES string of the molecule is Cc1nc(C)c(Cl)c(NCCc2ccccc2)c1Cl.Cl. The Morgan fingerprint density at radius 3 is 2.10 bits per heavy atom. The van der Waals surface area contributed by atoms with Crippen LogP contribution in [0.1, 0.15) is 17.0 Å². The number of aryl methyl sites for hydroxylation is 2. The minimum atomic E-state index is 0. The van der Waals surface area contributed by atoms with Crippen molar-refractivity contribution in [2.45, 2.75) is 20.3 Å². The van der Waals surface area contributed by atoms with Crippen LogP contribution in [-0.4, -0.2) is 11.5 Å². The van der Waals surface area contributed by atoms with Gasteiger partial charge in [-0.2, -0.15) is 0 Å². The second-order valence-corrected chi connectivity index (χ2v) is 5.20. The lowest BCUT2D eigenvalue weighted by Gasteiger charge is -2.13. The summed E-state index contributed by atoms with van der Waals surface area (Å²) in [6.07, 6.45) is 0.925. The summed E-state index contributed by atoms with van der Waals surface area (Å²) >= 11 is 12.5. The van der Waals surface area contributed by atoms with Gasteiger partial charge in [0.1, 0.15) is 0 Å². The fourth-order valence-electron chi connectivity index (χ4n) is 1.94. The third-order valence-electron chi connectivity index (χ3n) is 2.97. The summed E-state index contributed by atoms with van der Waals surface area (Å²) < 4.78 is 0. The largest absolute Gasteiger partial charge is 0.382 e. The normalized spacial score (nSPS) is 10.0. The molecule has 2 aromatic rings. The molecule has 1 heterocycles. The molecular formula is C15H17Cl3N2. The van der Waals surface area contributed by atoms with Crippen molar-refractivity contribution in [3.63, 3.8) is 0 Å². The molecule has 20 heavy (non-hydrogen) atoms. The van der Waals surface area contributed by atoms with Crippen molar-refractivity contribution < 1.29 is 0 Å². The minimum absolute atomic E-state index is 0. The third-order valence-corrected chi connectivity index (χ3v) is 3.89. The first-order valence-electron chi connectivity index (χ1n) is 6.19. The van der Waals surface area contributed by atoms with Crippen molar-refractivity contribution in [3.8, 4) is 0 Å². The first kappa shape index (κ1) is 17.1. The van der Waals surface area contributed by atoms with E-state index in [1.165, 1.54) is 5.56 Å². The van der Waals surface area contributed by atoms with Crippen LogP contribution in [0.3, 0.4) is 0 Å². The van der Waals surface area contributed by atoms with Crippen LogP contribution in [0.25, 0.3) is 0 Å². The Hall–Kier alpha value is -0.960. The van der Waals surface area contributed by atoms with Gasteiger partial charge in [0.05, 0.1) is 27.1 Å². The number of anilines is 1. The summed E-state index contributed by atoms with van der Waals surface area (Å²) in [7, 11) is 0. The van der Waals surface area contributed by atoms with Gasteiger partial charge in [-0.15, -0.1) is 12.4 Å². The molecule has 1 aromatic carbocycles.